The summed E-state index contributed by atoms with van der Waals surface area (Å²) < 4.78 is 26.8. The average molecular weight is 234 g/mol. The first-order valence-corrected chi connectivity index (χ1v) is 5.34. The van der Waals surface area contributed by atoms with E-state index in [1.165, 1.54) is 0 Å². The lowest BCUT2D eigenvalue weighted by molar-refractivity contribution is 0.502. The summed E-state index contributed by atoms with van der Waals surface area (Å²) in [5, 5.41) is 0.0523. The summed E-state index contributed by atoms with van der Waals surface area (Å²) in [5.41, 5.74) is 5.65. The average Bonchev–Trinajstić information content (AvgIpc) is 2.12. The molecule has 2 N–H and O–H groups in total. The molecule has 0 spiro atoms. The van der Waals surface area contributed by atoms with E-state index in [4.69, 9.17) is 17.3 Å². The molecule has 0 aromatic heterocycles. The van der Waals surface area contributed by atoms with E-state index in [1.807, 2.05) is 6.92 Å². The molecule has 15 heavy (non-hydrogen) atoms. The SMILES string of the molecule is CCCC[C@H](N)c1c(F)cc(Cl)cc1F. The Kier molecular flexibility index (Phi) is 4.48. The van der Waals surface area contributed by atoms with Crippen LogP contribution >= 0.6 is 11.6 Å². The Labute approximate surface area is 93.2 Å². The lowest BCUT2D eigenvalue weighted by Gasteiger charge is -2.13. The summed E-state index contributed by atoms with van der Waals surface area (Å²) in [4.78, 5) is 0. The third kappa shape index (κ3) is 3.14. The molecule has 0 saturated heterocycles. The van der Waals surface area contributed by atoms with Crippen molar-refractivity contribution >= 4 is 11.6 Å². The van der Waals surface area contributed by atoms with Gasteiger partial charge in [-0.1, -0.05) is 31.4 Å². The Hall–Kier alpha value is -0.670. The highest BCUT2D eigenvalue weighted by molar-refractivity contribution is 6.30. The molecule has 1 aromatic rings. The van der Waals surface area contributed by atoms with Crippen LogP contribution < -0.4 is 5.73 Å². The van der Waals surface area contributed by atoms with Gasteiger partial charge in [0.1, 0.15) is 11.6 Å². The molecule has 1 rings (SSSR count). The van der Waals surface area contributed by atoms with Crippen molar-refractivity contribution in [1.82, 2.24) is 0 Å². The molecule has 0 unspecified atom stereocenters. The summed E-state index contributed by atoms with van der Waals surface area (Å²) in [6.07, 6.45) is 2.37. The first-order chi connectivity index (χ1) is 7.06. The van der Waals surface area contributed by atoms with Gasteiger partial charge in [0.15, 0.2) is 0 Å². The van der Waals surface area contributed by atoms with E-state index in [9.17, 15) is 8.78 Å². The molecular formula is C11H14ClF2N. The van der Waals surface area contributed by atoms with E-state index in [2.05, 4.69) is 0 Å². The number of unbranched alkanes of at least 4 members (excludes halogenated alkanes) is 1. The minimum Gasteiger partial charge on any atom is -0.324 e. The zero-order valence-corrected chi connectivity index (χ0v) is 9.32. The highest BCUT2D eigenvalue weighted by atomic mass is 35.5. The number of rotatable bonds is 4. The molecule has 0 amide bonds. The van der Waals surface area contributed by atoms with Crippen molar-refractivity contribution in [3.63, 3.8) is 0 Å². The van der Waals surface area contributed by atoms with E-state index in [-0.39, 0.29) is 10.6 Å². The summed E-state index contributed by atoms with van der Waals surface area (Å²) in [6, 6.07) is 1.58. The maximum atomic E-state index is 13.4. The van der Waals surface area contributed by atoms with Gasteiger partial charge in [-0.25, -0.2) is 8.78 Å². The smallest absolute Gasteiger partial charge is 0.132 e. The van der Waals surface area contributed by atoms with E-state index in [0.717, 1.165) is 25.0 Å². The van der Waals surface area contributed by atoms with Crippen molar-refractivity contribution in [1.29, 1.82) is 0 Å². The van der Waals surface area contributed by atoms with Crippen molar-refractivity contribution in [3.05, 3.63) is 34.4 Å². The van der Waals surface area contributed by atoms with Crippen LogP contribution in [-0.2, 0) is 0 Å². The molecular weight excluding hydrogens is 220 g/mol. The van der Waals surface area contributed by atoms with Crippen molar-refractivity contribution < 1.29 is 8.78 Å². The van der Waals surface area contributed by atoms with E-state index < -0.39 is 17.7 Å². The molecule has 0 saturated carbocycles. The Morgan fingerprint density at radius 2 is 1.87 bits per heavy atom. The number of hydrogen-bond donors (Lipinski definition) is 1. The fourth-order valence-electron chi connectivity index (χ4n) is 1.48. The van der Waals surface area contributed by atoms with Crippen LogP contribution in [-0.4, -0.2) is 0 Å². The quantitative estimate of drug-likeness (QED) is 0.841. The van der Waals surface area contributed by atoms with Gasteiger partial charge in [0.2, 0.25) is 0 Å². The molecule has 0 radical (unpaired) electrons. The lowest BCUT2D eigenvalue weighted by Crippen LogP contribution is -2.14. The molecule has 0 aliphatic heterocycles. The highest BCUT2D eigenvalue weighted by Crippen LogP contribution is 2.26. The molecule has 84 valence electrons. The van der Waals surface area contributed by atoms with E-state index >= 15 is 0 Å². The molecule has 0 heterocycles. The monoisotopic (exact) mass is 233 g/mol. The third-order valence-electron chi connectivity index (χ3n) is 2.28. The van der Waals surface area contributed by atoms with Crippen LogP contribution in [0, 0.1) is 11.6 Å². The van der Waals surface area contributed by atoms with Crippen molar-refractivity contribution in [3.8, 4) is 0 Å². The largest absolute Gasteiger partial charge is 0.324 e. The summed E-state index contributed by atoms with van der Waals surface area (Å²) in [7, 11) is 0. The predicted molar refractivity (Wildman–Crippen MR) is 57.8 cm³/mol. The lowest BCUT2D eigenvalue weighted by atomic mass is 10.0. The molecule has 1 atom stereocenters. The zero-order chi connectivity index (χ0) is 11.4. The van der Waals surface area contributed by atoms with Crippen molar-refractivity contribution in [2.75, 3.05) is 0 Å². The van der Waals surface area contributed by atoms with E-state index in [0.29, 0.717) is 6.42 Å². The predicted octanol–water partition coefficient (Wildman–Crippen LogP) is 3.81. The number of benzene rings is 1. The van der Waals surface area contributed by atoms with Gasteiger partial charge < -0.3 is 5.73 Å². The second kappa shape index (κ2) is 5.42. The first kappa shape index (κ1) is 12.4. The van der Waals surface area contributed by atoms with Crippen molar-refractivity contribution in [2.45, 2.75) is 32.2 Å². The Morgan fingerprint density at radius 3 is 2.33 bits per heavy atom. The van der Waals surface area contributed by atoms with Gasteiger partial charge in [-0.3, -0.25) is 0 Å². The summed E-state index contributed by atoms with van der Waals surface area (Å²) in [5.74, 6) is -1.33. The van der Waals surface area contributed by atoms with Gasteiger partial charge in [-0.05, 0) is 18.6 Å². The number of nitrogens with two attached hydrogens (primary N) is 1. The minimum atomic E-state index is -0.663. The summed E-state index contributed by atoms with van der Waals surface area (Å²) in [6.45, 7) is 2.00. The van der Waals surface area contributed by atoms with Crippen LogP contribution in [0.5, 0.6) is 0 Å². The molecule has 4 heteroatoms. The topological polar surface area (TPSA) is 26.0 Å². The van der Waals surface area contributed by atoms with Gasteiger partial charge in [0.05, 0.1) is 0 Å². The van der Waals surface area contributed by atoms with Gasteiger partial charge >= 0.3 is 0 Å². The van der Waals surface area contributed by atoms with Gasteiger partial charge in [-0.2, -0.15) is 0 Å². The second-order valence-electron chi connectivity index (χ2n) is 3.53. The first-order valence-electron chi connectivity index (χ1n) is 4.96. The molecule has 0 aliphatic carbocycles. The molecule has 0 aliphatic rings. The molecule has 1 aromatic carbocycles. The Bertz CT molecular complexity index is 318. The number of hydrogen-bond acceptors (Lipinski definition) is 1. The maximum Gasteiger partial charge on any atom is 0.132 e. The van der Waals surface area contributed by atoms with Gasteiger partial charge in [0.25, 0.3) is 0 Å². The maximum absolute atomic E-state index is 13.4. The fourth-order valence-corrected chi connectivity index (χ4v) is 1.67. The zero-order valence-electron chi connectivity index (χ0n) is 8.56. The fraction of sp³-hybridized carbons (Fsp3) is 0.455. The van der Waals surface area contributed by atoms with Gasteiger partial charge in [0, 0.05) is 16.6 Å². The Balaban J connectivity index is 2.92. The van der Waals surface area contributed by atoms with Crippen LogP contribution in [0.2, 0.25) is 5.02 Å². The third-order valence-corrected chi connectivity index (χ3v) is 2.50. The highest BCUT2D eigenvalue weighted by Gasteiger charge is 2.17. The van der Waals surface area contributed by atoms with E-state index in [1.54, 1.807) is 0 Å². The van der Waals surface area contributed by atoms with Crippen LogP contribution in [0.25, 0.3) is 0 Å². The summed E-state index contributed by atoms with van der Waals surface area (Å²) >= 11 is 5.51. The number of halogens is 3. The molecule has 0 fully saturated rings. The standard InChI is InChI=1S/C11H14ClF2N/c1-2-3-4-10(15)11-8(13)5-7(12)6-9(11)14/h5-6,10H,2-4,15H2,1H3/t10-/m0/s1. The van der Waals surface area contributed by atoms with Crippen LogP contribution in [0.1, 0.15) is 37.8 Å². The molecule has 1 nitrogen and oxygen atoms in total. The second-order valence-corrected chi connectivity index (χ2v) is 3.97. The van der Waals surface area contributed by atoms with Crippen LogP contribution in [0.4, 0.5) is 8.78 Å². The van der Waals surface area contributed by atoms with Gasteiger partial charge in [-0.15, -0.1) is 0 Å². The molecule has 0 bridgehead atoms. The Morgan fingerprint density at radius 1 is 1.33 bits per heavy atom. The van der Waals surface area contributed by atoms with Crippen LogP contribution in [0.15, 0.2) is 12.1 Å². The minimum absolute atomic E-state index is 0.0523. The van der Waals surface area contributed by atoms with Crippen LogP contribution in [0.3, 0.4) is 0 Å². The normalized spacial score (nSPS) is 12.9. The van der Waals surface area contributed by atoms with Crippen molar-refractivity contribution in [2.24, 2.45) is 5.73 Å².